The molecule has 0 aromatic carbocycles. The topological polar surface area (TPSA) is 32.3 Å². The highest BCUT2D eigenvalue weighted by atomic mass is 16.1. The molecule has 3 nitrogen and oxygen atoms in total. The smallest absolute Gasteiger partial charge is 0.157 e. The molecule has 90 valence electrons. The van der Waals surface area contributed by atoms with Crippen LogP contribution in [0.2, 0.25) is 0 Å². The van der Waals surface area contributed by atoms with E-state index in [9.17, 15) is 4.79 Å². The molecule has 1 aliphatic carbocycles. The van der Waals surface area contributed by atoms with Crippen molar-refractivity contribution in [3.63, 3.8) is 0 Å². The number of likely N-dealkylation sites (tertiary alicyclic amines) is 1. The number of carbonyl (C=O) groups is 1. The largest absolute Gasteiger partial charge is 0.388 e. The minimum atomic E-state index is 0.281. The Bertz CT molecular complexity index is 278. The summed E-state index contributed by atoms with van der Waals surface area (Å²) in [6, 6.07) is 0. The fraction of sp³-hybridized carbons (Fsp3) is 0.769. The highest BCUT2D eigenvalue weighted by Gasteiger charge is 2.19. The number of rotatable bonds is 4. The molecule has 0 saturated carbocycles. The van der Waals surface area contributed by atoms with Crippen LogP contribution in [0.25, 0.3) is 0 Å². The molecule has 16 heavy (non-hydrogen) atoms. The normalized spacial score (nSPS) is 23.6. The first-order valence-electron chi connectivity index (χ1n) is 6.47. The molecule has 1 N–H and O–H groups in total. The van der Waals surface area contributed by atoms with Crippen molar-refractivity contribution in [1.29, 1.82) is 0 Å². The fourth-order valence-electron chi connectivity index (χ4n) is 2.52. The SMILES string of the molecule is CCN1CCC(CNC2=CC(=O)CC2)CC1. The van der Waals surface area contributed by atoms with Gasteiger partial charge in [0, 0.05) is 24.7 Å². The highest BCUT2D eigenvalue weighted by molar-refractivity contribution is 5.92. The molecule has 2 rings (SSSR count). The van der Waals surface area contributed by atoms with Gasteiger partial charge >= 0.3 is 0 Å². The molecule has 1 heterocycles. The van der Waals surface area contributed by atoms with Crippen LogP contribution in [-0.2, 0) is 4.79 Å². The molecule has 0 aromatic rings. The number of hydrogen-bond acceptors (Lipinski definition) is 3. The summed E-state index contributed by atoms with van der Waals surface area (Å²) in [4.78, 5) is 13.6. The van der Waals surface area contributed by atoms with E-state index in [2.05, 4.69) is 17.1 Å². The summed E-state index contributed by atoms with van der Waals surface area (Å²) in [5.41, 5.74) is 1.16. The Kier molecular flexibility index (Phi) is 3.99. The van der Waals surface area contributed by atoms with Crippen molar-refractivity contribution >= 4 is 5.78 Å². The van der Waals surface area contributed by atoms with Crippen LogP contribution < -0.4 is 5.32 Å². The molecule has 1 saturated heterocycles. The molecule has 1 aliphatic heterocycles. The number of piperidine rings is 1. The van der Waals surface area contributed by atoms with Crippen LogP contribution >= 0.6 is 0 Å². The molecule has 0 amide bonds. The summed E-state index contributed by atoms with van der Waals surface area (Å²) >= 11 is 0. The predicted molar refractivity (Wildman–Crippen MR) is 65.2 cm³/mol. The average molecular weight is 222 g/mol. The van der Waals surface area contributed by atoms with Gasteiger partial charge in [0.15, 0.2) is 5.78 Å². The average Bonchev–Trinajstić information content (AvgIpc) is 2.73. The van der Waals surface area contributed by atoms with Crippen LogP contribution in [0, 0.1) is 5.92 Å². The van der Waals surface area contributed by atoms with Crippen molar-refractivity contribution in [1.82, 2.24) is 10.2 Å². The molecule has 0 aromatic heterocycles. The van der Waals surface area contributed by atoms with E-state index in [1.54, 1.807) is 6.08 Å². The molecule has 0 radical (unpaired) electrons. The van der Waals surface area contributed by atoms with E-state index in [1.807, 2.05) is 0 Å². The second-order valence-corrected chi connectivity index (χ2v) is 4.89. The maximum atomic E-state index is 11.1. The van der Waals surface area contributed by atoms with E-state index in [1.165, 1.54) is 32.5 Å². The number of carbonyl (C=O) groups excluding carboxylic acids is 1. The highest BCUT2D eigenvalue weighted by Crippen LogP contribution is 2.18. The zero-order valence-corrected chi connectivity index (χ0v) is 10.2. The van der Waals surface area contributed by atoms with Crippen LogP contribution in [-0.4, -0.2) is 36.9 Å². The Morgan fingerprint density at radius 1 is 1.38 bits per heavy atom. The summed E-state index contributed by atoms with van der Waals surface area (Å²) in [5.74, 6) is 1.07. The van der Waals surface area contributed by atoms with Gasteiger partial charge in [-0.05, 0) is 44.8 Å². The van der Waals surface area contributed by atoms with Gasteiger partial charge < -0.3 is 10.2 Å². The Labute approximate surface area is 97.9 Å². The second-order valence-electron chi connectivity index (χ2n) is 4.89. The van der Waals surface area contributed by atoms with Crippen molar-refractivity contribution < 1.29 is 4.79 Å². The monoisotopic (exact) mass is 222 g/mol. The third kappa shape index (κ3) is 3.08. The number of hydrogen-bond donors (Lipinski definition) is 1. The van der Waals surface area contributed by atoms with Gasteiger partial charge in [-0.1, -0.05) is 6.92 Å². The van der Waals surface area contributed by atoms with E-state index in [0.717, 1.165) is 24.6 Å². The number of allylic oxidation sites excluding steroid dienone is 2. The Morgan fingerprint density at radius 3 is 2.69 bits per heavy atom. The zero-order valence-electron chi connectivity index (χ0n) is 10.2. The van der Waals surface area contributed by atoms with Gasteiger partial charge in [-0.3, -0.25) is 4.79 Å². The quantitative estimate of drug-likeness (QED) is 0.783. The number of nitrogens with zero attached hydrogens (tertiary/aromatic N) is 1. The zero-order chi connectivity index (χ0) is 11.4. The first-order chi connectivity index (χ1) is 7.78. The van der Waals surface area contributed by atoms with Gasteiger partial charge in [0.2, 0.25) is 0 Å². The molecular formula is C13H22N2O. The maximum absolute atomic E-state index is 11.1. The lowest BCUT2D eigenvalue weighted by molar-refractivity contribution is -0.114. The third-order valence-corrected chi connectivity index (χ3v) is 3.75. The molecule has 0 unspecified atom stereocenters. The van der Waals surface area contributed by atoms with Crippen LogP contribution in [0.5, 0.6) is 0 Å². The van der Waals surface area contributed by atoms with Crippen molar-refractivity contribution in [2.24, 2.45) is 5.92 Å². The molecule has 3 heteroatoms. The summed E-state index contributed by atoms with van der Waals surface area (Å²) in [6.45, 7) is 6.94. The van der Waals surface area contributed by atoms with Crippen LogP contribution in [0.3, 0.4) is 0 Å². The Morgan fingerprint density at radius 2 is 2.12 bits per heavy atom. The van der Waals surface area contributed by atoms with Crippen molar-refractivity contribution in [2.45, 2.75) is 32.6 Å². The molecule has 1 fully saturated rings. The first kappa shape index (κ1) is 11.6. The lowest BCUT2D eigenvalue weighted by atomic mass is 9.97. The molecule has 0 atom stereocenters. The summed E-state index contributed by atoms with van der Waals surface area (Å²) in [6.07, 6.45) is 5.99. The predicted octanol–water partition coefficient (Wildman–Crippen LogP) is 1.55. The Hall–Kier alpha value is -0.830. The standard InChI is InChI=1S/C13H22N2O/c1-2-15-7-5-11(6-8-15)10-14-12-3-4-13(16)9-12/h9,11,14H,2-8,10H2,1H3. The van der Waals surface area contributed by atoms with E-state index in [0.29, 0.717) is 6.42 Å². The summed E-state index contributed by atoms with van der Waals surface area (Å²) in [5, 5.41) is 3.44. The van der Waals surface area contributed by atoms with Gasteiger partial charge in [0.25, 0.3) is 0 Å². The van der Waals surface area contributed by atoms with Crippen molar-refractivity contribution in [3.05, 3.63) is 11.8 Å². The van der Waals surface area contributed by atoms with Crippen LogP contribution in [0.4, 0.5) is 0 Å². The molecule has 0 bridgehead atoms. The van der Waals surface area contributed by atoms with E-state index in [-0.39, 0.29) is 5.78 Å². The molecule has 0 spiro atoms. The number of ketones is 1. The molecular weight excluding hydrogens is 200 g/mol. The van der Waals surface area contributed by atoms with E-state index in [4.69, 9.17) is 0 Å². The fourth-order valence-corrected chi connectivity index (χ4v) is 2.52. The lowest BCUT2D eigenvalue weighted by Crippen LogP contribution is -2.36. The molecule has 2 aliphatic rings. The van der Waals surface area contributed by atoms with Crippen LogP contribution in [0.1, 0.15) is 32.6 Å². The number of nitrogens with one attached hydrogen (secondary N) is 1. The Balaban J connectivity index is 1.67. The van der Waals surface area contributed by atoms with Gasteiger partial charge in [-0.15, -0.1) is 0 Å². The van der Waals surface area contributed by atoms with Gasteiger partial charge in [0.1, 0.15) is 0 Å². The minimum absolute atomic E-state index is 0.281. The van der Waals surface area contributed by atoms with E-state index >= 15 is 0 Å². The van der Waals surface area contributed by atoms with Gasteiger partial charge in [-0.25, -0.2) is 0 Å². The van der Waals surface area contributed by atoms with Crippen molar-refractivity contribution in [3.8, 4) is 0 Å². The van der Waals surface area contributed by atoms with E-state index < -0.39 is 0 Å². The summed E-state index contributed by atoms with van der Waals surface area (Å²) in [7, 11) is 0. The van der Waals surface area contributed by atoms with Crippen molar-refractivity contribution in [2.75, 3.05) is 26.2 Å². The minimum Gasteiger partial charge on any atom is -0.388 e. The summed E-state index contributed by atoms with van der Waals surface area (Å²) < 4.78 is 0. The van der Waals surface area contributed by atoms with Gasteiger partial charge in [0.05, 0.1) is 0 Å². The maximum Gasteiger partial charge on any atom is 0.157 e. The van der Waals surface area contributed by atoms with Crippen LogP contribution in [0.15, 0.2) is 11.8 Å². The first-order valence-corrected chi connectivity index (χ1v) is 6.47. The third-order valence-electron chi connectivity index (χ3n) is 3.75. The lowest BCUT2D eigenvalue weighted by Gasteiger charge is -2.31. The van der Waals surface area contributed by atoms with Gasteiger partial charge in [-0.2, -0.15) is 0 Å². The second kappa shape index (κ2) is 5.48.